The Morgan fingerprint density at radius 2 is 1.72 bits per heavy atom. The minimum absolute atomic E-state index is 0.0414. The predicted molar refractivity (Wildman–Crippen MR) is 144 cm³/mol. The number of nitrogens with one attached hydrogen (secondary N) is 4. The lowest BCUT2D eigenvalue weighted by Gasteiger charge is -2.32. The van der Waals surface area contributed by atoms with E-state index in [0.717, 1.165) is 17.3 Å². The lowest BCUT2D eigenvalue weighted by atomic mass is 9.84. The Balaban J connectivity index is 1.91. The van der Waals surface area contributed by atoms with Crippen molar-refractivity contribution >= 4 is 40.6 Å². The molecule has 0 radical (unpaired) electrons. The zero-order chi connectivity index (χ0) is 29.3. The first-order chi connectivity index (χ1) is 18.2. The number of hydroxylamine groups is 1. The third-order valence-corrected chi connectivity index (χ3v) is 7.00. The number of carbonyl (C=O) groups is 5. The lowest BCUT2D eigenvalue weighted by molar-refractivity contribution is -0.147. The normalized spacial score (nSPS) is 17.7. The average molecular weight is 567 g/mol. The maximum atomic E-state index is 13.0. The highest BCUT2D eigenvalue weighted by molar-refractivity contribution is 8.15. The SMILES string of the molecule is CC(C)C[C@@H](C(=O)N[C@H](C(=O)NCCOc1ccc(CC2SC(=O)NC2=O)cc1)C(C)(C)C)[C@H](O)C(=O)NO. The van der Waals surface area contributed by atoms with E-state index in [9.17, 15) is 29.1 Å². The van der Waals surface area contributed by atoms with Gasteiger partial charge in [-0.15, -0.1) is 0 Å². The Kier molecular flexibility index (Phi) is 11.7. The Hall–Kier alpha value is -3.16. The molecule has 1 unspecified atom stereocenters. The molecule has 1 aromatic carbocycles. The molecule has 216 valence electrons. The van der Waals surface area contributed by atoms with E-state index in [4.69, 9.17) is 9.94 Å². The molecule has 0 spiro atoms. The quantitative estimate of drug-likeness (QED) is 0.116. The minimum atomic E-state index is -1.78. The Morgan fingerprint density at radius 3 is 2.23 bits per heavy atom. The largest absolute Gasteiger partial charge is 0.492 e. The second-order valence-corrected chi connectivity index (χ2v) is 12.0. The smallest absolute Gasteiger partial charge is 0.286 e. The summed E-state index contributed by atoms with van der Waals surface area (Å²) in [4.78, 5) is 60.8. The van der Waals surface area contributed by atoms with E-state index < -0.39 is 46.5 Å². The zero-order valence-electron chi connectivity index (χ0n) is 22.8. The van der Waals surface area contributed by atoms with E-state index in [0.29, 0.717) is 12.2 Å². The molecule has 39 heavy (non-hydrogen) atoms. The van der Waals surface area contributed by atoms with Crippen LogP contribution >= 0.6 is 11.8 Å². The number of ether oxygens (including phenoxy) is 1. The number of rotatable bonds is 13. The highest BCUT2D eigenvalue weighted by Crippen LogP contribution is 2.24. The van der Waals surface area contributed by atoms with Crippen LogP contribution < -0.4 is 26.2 Å². The highest BCUT2D eigenvalue weighted by atomic mass is 32.2. The lowest BCUT2D eigenvalue weighted by Crippen LogP contribution is -2.57. The van der Waals surface area contributed by atoms with Crippen molar-refractivity contribution in [3.63, 3.8) is 0 Å². The van der Waals surface area contributed by atoms with Gasteiger partial charge in [0, 0.05) is 0 Å². The molecule has 1 aromatic rings. The third-order valence-electron chi connectivity index (χ3n) is 6.02. The third kappa shape index (κ3) is 9.83. The number of imide groups is 1. The minimum Gasteiger partial charge on any atom is -0.492 e. The molecule has 0 aromatic heterocycles. The summed E-state index contributed by atoms with van der Waals surface area (Å²) in [5.41, 5.74) is 1.54. The van der Waals surface area contributed by atoms with Crippen molar-refractivity contribution < 1.29 is 39.0 Å². The van der Waals surface area contributed by atoms with Crippen LogP contribution in [-0.4, -0.2) is 69.7 Å². The van der Waals surface area contributed by atoms with Crippen LogP contribution in [0.5, 0.6) is 5.75 Å². The number of benzene rings is 1. The molecule has 0 bridgehead atoms. The van der Waals surface area contributed by atoms with E-state index >= 15 is 0 Å². The number of hydrogen-bond donors (Lipinski definition) is 6. The summed E-state index contributed by atoms with van der Waals surface area (Å²) >= 11 is 0.970. The second-order valence-electron chi connectivity index (χ2n) is 10.8. The van der Waals surface area contributed by atoms with Gasteiger partial charge in [-0.25, -0.2) is 5.48 Å². The summed E-state index contributed by atoms with van der Waals surface area (Å²) < 4.78 is 5.68. The van der Waals surface area contributed by atoms with Gasteiger partial charge in [-0.2, -0.15) is 0 Å². The van der Waals surface area contributed by atoms with Crippen LogP contribution in [0.4, 0.5) is 4.79 Å². The molecule has 1 heterocycles. The number of amides is 5. The van der Waals surface area contributed by atoms with Gasteiger partial charge in [0.2, 0.25) is 17.7 Å². The molecule has 13 heteroatoms. The molecule has 1 saturated heterocycles. The first-order valence-corrected chi connectivity index (χ1v) is 13.5. The van der Waals surface area contributed by atoms with Crippen LogP contribution in [0.3, 0.4) is 0 Å². The molecule has 0 aliphatic carbocycles. The van der Waals surface area contributed by atoms with Gasteiger partial charge >= 0.3 is 0 Å². The van der Waals surface area contributed by atoms with E-state index in [1.54, 1.807) is 45.0 Å². The van der Waals surface area contributed by atoms with Crippen LogP contribution in [0.25, 0.3) is 0 Å². The van der Waals surface area contributed by atoms with Crippen LogP contribution in [0.1, 0.15) is 46.6 Å². The van der Waals surface area contributed by atoms with Crippen LogP contribution in [0.2, 0.25) is 0 Å². The molecule has 1 fully saturated rings. The summed E-state index contributed by atoms with van der Waals surface area (Å²) in [5.74, 6) is -3.18. The molecule has 5 amide bonds. The Morgan fingerprint density at radius 1 is 1.08 bits per heavy atom. The van der Waals surface area contributed by atoms with E-state index in [-0.39, 0.29) is 36.6 Å². The van der Waals surface area contributed by atoms with Gasteiger partial charge in [-0.1, -0.05) is 58.5 Å². The molecule has 0 saturated carbocycles. The summed E-state index contributed by atoms with van der Waals surface area (Å²) in [6, 6.07) is 6.10. The highest BCUT2D eigenvalue weighted by Gasteiger charge is 2.38. The van der Waals surface area contributed by atoms with Gasteiger partial charge in [-0.05, 0) is 41.9 Å². The van der Waals surface area contributed by atoms with Gasteiger partial charge in [0.1, 0.15) is 24.5 Å². The second kappa shape index (κ2) is 14.3. The van der Waals surface area contributed by atoms with E-state index in [2.05, 4.69) is 16.0 Å². The van der Waals surface area contributed by atoms with Crippen LogP contribution in [-0.2, 0) is 25.6 Å². The number of carbonyl (C=O) groups excluding carboxylic acids is 5. The van der Waals surface area contributed by atoms with E-state index in [1.807, 2.05) is 13.8 Å². The number of aliphatic hydroxyl groups is 1. The summed E-state index contributed by atoms with van der Waals surface area (Å²) in [6.45, 7) is 9.25. The van der Waals surface area contributed by atoms with Crippen molar-refractivity contribution in [1.82, 2.24) is 21.4 Å². The topological polar surface area (TPSA) is 183 Å². The molecule has 1 aliphatic rings. The van der Waals surface area contributed by atoms with Crippen molar-refractivity contribution in [2.75, 3.05) is 13.2 Å². The summed E-state index contributed by atoms with van der Waals surface area (Å²) in [7, 11) is 0. The molecular weight excluding hydrogens is 528 g/mol. The van der Waals surface area contributed by atoms with Gasteiger partial charge in [-0.3, -0.25) is 34.5 Å². The van der Waals surface area contributed by atoms with Crippen molar-refractivity contribution in [2.24, 2.45) is 17.3 Å². The van der Waals surface area contributed by atoms with Gasteiger partial charge in [0.15, 0.2) is 0 Å². The van der Waals surface area contributed by atoms with Gasteiger partial charge in [0.05, 0.1) is 17.7 Å². The monoisotopic (exact) mass is 566 g/mol. The summed E-state index contributed by atoms with van der Waals surface area (Å²) in [6.07, 6.45) is -1.20. The number of hydrogen-bond acceptors (Lipinski definition) is 9. The molecule has 12 nitrogen and oxygen atoms in total. The van der Waals surface area contributed by atoms with Gasteiger partial charge in [0.25, 0.3) is 11.1 Å². The molecular formula is C26H38N4O8S. The molecule has 4 atom stereocenters. The van der Waals surface area contributed by atoms with Crippen LogP contribution in [0.15, 0.2) is 24.3 Å². The summed E-state index contributed by atoms with van der Waals surface area (Å²) in [5, 5.41) is 26.0. The predicted octanol–water partition coefficient (Wildman–Crippen LogP) is 1.14. The van der Waals surface area contributed by atoms with Crippen LogP contribution in [0, 0.1) is 17.3 Å². The van der Waals surface area contributed by atoms with Gasteiger partial charge < -0.3 is 20.5 Å². The number of aliphatic hydroxyl groups excluding tert-OH is 1. The standard InChI is InChI=1S/C26H38N4O8S/c1-14(2)12-17(19(31)23(34)30-37)21(32)28-20(26(3,4)5)24(35)27-10-11-38-16-8-6-15(7-9-16)13-18-22(33)29-25(36)39-18/h6-9,14,17-20,31,37H,10-13H2,1-5H3,(H,27,35)(H,28,32)(H,30,34)(H,29,33,36)/t17-,18?,19+,20-/m1/s1. The fraction of sp³-hybridized carbons (Fsp3) is 0.577. The average Bonchev–Trinajstić information content (AvgIpc) is 3.18. The van der Waals surface area contributed by atoms with Crippen molar-refractivity contribution in [2.45, 2.75) is 64.9 Å². The van der Waals surface area contributed by atoms with E-state index in [1.165, 1.54) is 5.48 Å². The van der Waals surface area contributed by atoms with Crippen molar-refractivity contribution in [3.8, 4) is 5.75 Å². The fourth-order valence-electron chi connectivity index (χ4n) is 3.97. The van der Waals surface area contributed by atoms with Crippen molar-refractivity contribution in [1.29, 1.82) is 0 Å². The zero-order valence-corrected chi connectivity index (χ0v) is 23.6. The Labute approximate surface area is 232 Å². The maximum absolute atomic E-state index is 13.0. The molecule has 6 N–H and O–H groups in total. The first kappa shape index (κ1) is 32.1. The Bertz CT molecular complexity index is 1040. The molecule has 1 aliphatic heterocycles. The first-order valence-electron chi connectivity index (χ1n) is 12.7. The fourth-order valence-corrected chi connectivity index (χ4v) is 4.83. The number of thioether (sulfide) groups is 1. The molecule has 2 rings (SSSR count). The van der Waals surface area contributed by atoms with Crippen molar-refractivity contribution in [3.05, 3.63) is 29.8 Å². The maximum Gasteiger partial charge on any atom is 0.286 e.